The van der Waals surface area contributed by atoms with Crippen molar-refractivity contribution in [1.82, 2.24) is 9.97 Å². The Morgan fingerprint density at radius 1 is 1.04 bits per heavy atom. The van der Waals surface area contributed by atoms with Crippen LogP contribution in [0.2, 0.25) is 0 Å². The van der Waals surface area contributed by atoms with Crippen molar-refractivity contribution in [2.45, 2.75) is 31.2 Å². The molecule has 2 aromatic rings. The molecule has 2 aliphatic carbocycles. The van der Waals surface area contributed by atoms with Gasteiger partial charge in [0.15, 0.2) is 0 Å². The molecule has 3 unspecified atom stereocenters. The van der Waals surface area contributed by atoms with Crippen LogP contribution in [-0.2, 0) is 6.42 Å². The maximum absolute atomic E-state index is 5.00. The standard InChI is InChI=1S/C20H19N3/c1-2-7-13(8-3-1)18-14-9-6-10-15(14)19-20(23-18)22-17-12-5-4-11-16(17)21-19/h1-3,5-8,10,12,14-15,18H,4,9,11H2,(H,22,23). The molecule has 0 amide bonds. The van der Waals surface area contributed by atoms with Gasteiger partial charge < -0.3 is 5.32 Å². The first-order chi connectivity index (χ1) is 11.4. The summed E-state index contributed by atoms with van der Waals surface area (Å²) in [7, 11) is 0. The van der Waals surface area contributed by atoms with Crippen LogP contribution in [0.5, 0.6) is 0 Å². The average molecular weight is 301 g/mol. The van der Waals surface area contributed by atoms with Gasteiger partial charge in [-0.15, -0.1) is 0 Å². The average Bonchev–Trinajstić information content (AvgIpc) is 3.10. The Labute approximate surface area is 136 Å². The zero-order valence-corrected chi connectivity index (χ0v) is 12.9. The number of allylic oxidation sites excluding steroid dienone is 3. The van der Waals surface area contributed by atoms with Crippen LogP contribution >= 0.6 is 0 Å². The first-order valence-electron chi connectivity index (χ1n) is 8.45. The fourth-order valence-corrected chi connectivity index (χ4v) is 4.12. The summed E-state index contributed by atoms with van der Waals surface area (Å²) in [4.78, 5) is 9.89. The molecule has 1 N–H and O–H groups in total. The highest BCUT2D eigenvalue weighted by molar-refractivity contribution is 5.58. The van der Waals surface area contributed by atoms with E-state index in [-0.39, 0.29) is 0 Å². The van der Waals surface area contributed by atoms with Gasteiger partial charge in [-0.3, -0.25) is 4.98 Å². The van der Waals surface area contributed by atoms with Crippen LogP contribution in [0.1, 0.15) is 47.4 Å². The van der Waals surface area contributed by atoms with Crippen molar-refractivity contribution in [1.29, 1.82) is 0 Å². The quantitative estimate of drug-likeness (QED) is 0.800. The first kappa shape index (κ1) is 13.1. The molecule has 3 nitrogen and oxygen atoms in total. The van der Waals surface area contributed by atoms with Crippen LogP contribution in [0.25, 0.3) is 6.08 Å². The van der Waals surface area contributed by atoms with Crippen LogP contribution in [0.3, 0.4) is 0 Å². The monoisotopic (exact) mass is 301 g/mol. The van der Waals surface area contributed by atoms with Crippen LogP contribution < -0.4 is 5.32 Å². The van der Waals surface area contributed by atoms with Gasteiger partial charge in [-0.1, -0.05) is 48.6 Å². The molecule has 3 atom stereocenters. The molecule has 1 aromatic carbocycles. The van der Waals surface area contributed by atoms with Gasteiger partial charge in [0.2, 0.25) is 0 Å². The molecular weight excluding hydrogens is 282 g/mol. The van der Waals surface area contributed by atoms with Crippen molar-refractivity contribution in [3.8, 4) is 0 Å². The fourth-order valence-electron chi connectivity index (χ4n) is 4.12. The third kappa shape index (κ3) is 2.03. The highest BCUT2D eigenvalue weighted by atomic mass is 15.1. The van der Waals surface area contributed by atoms with Gasteiger partial charge in [0, 0.05) is 5.92 Å². The predicted molar refractivity (Wildman–Crippen MR) is 92.2 cm³/mol. The van der Waals surface area contributed by atoms with Gasteiger partial charge in [-0.05, 0) is 36.8 Å². The van der Waals surface area contributed by atoms with E-state index in [2.05, 4.69) is 60.0 Å². The van der Waals surface area contributed by atoms with Crippen molar-refractivity contribution in [3.63, 3.8) is 0 Å². The van der Waals surface area contributed by atoms with Crippen molar-refractivity contribution < 1.29 is 0 Å². The Balaban J connectivity index is 1.63. The lowest BCUT2D eigenvalue weighted by atomic mass is 9.79. The molecule has 0 radical (unpaired) electrons. The molecule has 114 valence electrons. The number of nitrogens with one attached hydrogen (secondary N) is 1. The molecule has 3 aliphatic rings. The minimum absolute atomic E-state index is 0.309. The number of nitrogens with zero attached hydrogens (tertiary/aromatic N) is 2. The van der Waals surface area contributed by atoms with Crippen molar-refractivity contribution in [2.75, 3.05) is 5.32 Å². The Bertz CT molecular complexity index is 807. The number of aryl methyl sites for hydroxylation is 1. The Hall–Kier alpha value is -2.42. The molecule has 0 fully saturated rings. The van der Waals surface area contributed by atoms with E-state index in [1.54, 1.807) is 0 Å². The first-order valence-corrected chi connectivity index (χ1v) is 8.45. The topological polar surface area (TPSA) is 37.8 Å². The molecule has 0 spiro atoms. The molecule has 0 bridgehead atoms. The second-order valence-corrected chi connectivity index (χ2v) is 6.62. The summed E-state index contributed by atoms with van der Waals surface area (Å²) < 4.78 is 0. The maximum Gasteiger partial charge on any atom is 0.149 e. The number of fused-ring (bicyclic) bond motifs is 4. The minimum Gasteiger partial charge on any atom is -0.361 e. The normalized spacial score (nSPS) is 27.0. The van der Waals surface area contributed by atoms with Gasteiger partial charge in [0.1, 0.15) is 5.82 Å². The second-order valence-electron chi connectivity index (χ2n) is 6.62. The lowest BCUT2D eigenvalue weighted by molar-refractivity contribution is 0.415. The zero-order valence-electron chi connectivity index (χ0n) is 12.9. The summed E-state index contributed by atoms with van der Waals surface area (Å²) in [6.45, 7) is 0. The van der Waals surface area contributed by atoms with Crippen LogP contribution in [0.15, 0.2) is 48.6 Å². The predicted octanol–water partition coefficient (Wildman–Crippen LogP) is 4.26. The smallest absolute Gasteiger partial charge is 0.149 e. The minimum atomic E-state index is 0.309. The Morgan fingerprint density at radius 2 is 1.96 bits per heavy atom. The molecule has 23 heavy (non-hydrogen) atoms. The highest BCUT2D eigenvalue weighted by Crippen LogP contribution is 2.48. The number of rotatable bonds is 1. The van der Waals surface area contributed by atoms with Crippen LogP contribution in [0.4, 0.5) is 5.82 Å². The number of hydrogen-bond acceptors (Lipinski definition) is 3. The van der Waals surface area contributed by atoms with Gasteiger partial charge in [0.25, 0.3) is 0 Å². The number of aromatic nitrogens is 2. The van der Waals surface area contributed by atoms with E-state index in [0.29, 0.717) is 17.9 Å². The fraction of sp³-hybridized carbons (Fsp3) is 0.300. The summed E-state index contributed by atoms with van der Waals surface area (Å²) in [5.41, 5.74) is 4.68. The molecule has 0 saturated heterocycles. The van der Waals surface area contributed by atoms with Crippen molar-refractivity contribution >= 4 is 11.9 Å². The van der Waals surface area contributed by atoms with E-state index in [1.807, 2.05) is 0 Å². The van der Waals surface area contributed by atoms with Crippen LogP contribution in [0, 0.1) is 5.92 Å². The maximum atomic E-state index is 5.00. The van der Waals surface area contributed by atoms with E-state index in [0.717, 1.165) is 42.2 Å². The zero-order chi connectivity index (χ0) is 15.2. The lowest BCUT2D eigenvalue weighted by Gasteiger charge is -2.36. The largest absolute Gasteiger partial charge is 0.361 e. The van der Waals surface area contributed by atoms with E-state index in [4.69, 9.17) is 9.97 Å². The molecule has 0 saturated carbocycles. The van der Waals surface area contributed by atoms with E-state index >= 15 is 0 Å². The Morgan fingerprint density at radius 3 is 2.87 bits per heavy atom. The SMILES string of the molecule is C1=Cc2nc3c(nc2CC1)C1C=CCC1C(c1ccccc1)N3. The lowest BCUT2D eigenvalue weighted by Crippen LogP contribution is -2.31. The molecule has 1 aromatic heterocycles. The van der Waals surface area contributed by atoms with E-state index < -0.39 is 0 Å². The van der Waals surface area contributed by atoms with Gasteiger partial charge >= 0.3 is 0 Å². The van der Waals surface area contributed by atoms with E-state index in [9.17, 15) is 0 Å². The summed E-state index contributed by atoms with van der Waals surface area (Å²) in [5, 5.41) is 3.69. The van der Waals surface area contributed by atoms with E-state index in [1.165, 1.54) is 5.56 Å². The van der Waals surface area contributed by atoms with Crippen LogP contribution in [-0.4, -0.2) is 9.97 Å². The van der Waals surface area contributed by atoms with Crippen molar-refractivity contribution in [2.24, 2.45) is 5.92 Å². The summed E-state index contributed by atoms with van der Waals surface area (Å²) in [6, 6.07) is 11.0. The Kier molecular flexibility index (Phi) is 2.87. The summed E-state index contributed by atoms with van der Waals surface area (Å²) in [6.07, 6.45) is 12.1. The molecule has 1 aliphatic heterocycles. The highest BCUT2D eigenvalue weighted by Gasteiger charge is 2.40. The van der Waals surface area contributed by atoms with Gasteiger partial charge in [-0.25, -0.2) is 4.98 Å². The molecular formula is C20H19N3. The molecule has 3 heteroatoms. The third-order valence-corrected chi connectivity index (χ3v) is 5.26. The van der Waals surface area contributed by atoms with Gasteiger partial charge in [-0.2, -0.15) is 0 Å². The number of anilines is 1. The van der Waals surface area contributed by atoms with Gasteiger partial charge in [0.05, 0.1) is 23.1 Å². The third-order valence-electron chi connectivity index (χ3n) is 5.26. The summed E-state index contributed by atoms with van der Waals surface area (Å²) >= 11 is 0. The number of benzene rings is 1. The second kappa shape index (κ2) is 5.05. The summed E-state index contributed by atoms with van der Waals surface area (Å²) in [5.74, 6) is 1.90. The molecule has 2 heterocycles. The molecule has 5 rings (SSSR count). The number of hydrogen-bond donors (Lipinski definition) is 1. The van der Waals surface area contributed by atoms with Crippen molar-refractivity contribution in [3.05, 3.63) is 71.2 Å².